The molecule has 0 spiro atoms. The first-order valence-corrected chi connectivity index (χ1v) is 6.77. The standard InChI is InChI=1S/C17H14N2O3/c1-11-6-2-5-9-15(11)22-16-10-14(19(20)21)12-7-3-4-8-13(12)17(16)18/h2-10H,18H2,1H3. The molecule has 2 N–H and O–H groups in total. The van der Waals surface area contributed by atoms with Crippen LogP contribution >= 0.6 is 0 Å². The summed E-state index contributed by atoms with van der Waals surface area (Å²) in [6.45, 7) is 1.90. The van der Waals surface area contributed by atoms with E-state index in [0.717, 1.165) is 5.56 Å². The van der Waals surface area contributed by atoms with Gasteiger partial charge in [-0.1, -0.05) is 36.4 Å². The first-order chi connectivity index (χ1) is 10.6. The molecule has 0 fully saturated rings. The van der Waals surface area contributed by atoms with Crippen molar-refractivity contribution in [3.05, 3.63) is 70.3 Å². The zero-order chi connectivity index (χ0) is 15.7. The van der Waals surface area contributed by atoms with Gasteiger partial charge < -0.3 is 10.5 Å². The second-order valence-electron chi connectivity index (χ2n) is 4.98. The highest BCUT2D eigenvalue weighted by Crippen LogP contribution is 2.39. The van der Waals surface area contributed by atoms with Crippen molar-refractivity contribution >= 4 is 22.1 Å². The molecule has 0 atom stereocenters. The summed E-state index contributed by atoms with van der Waals surface area (Å²) < 4.78 is 5.81. The summed E-state index contributed by atoms with van der Waals surface area (Å²) in [5.41, 5.74) is 7.44. The summed E-state index contributed by atoms with van der Waals surface area (Å²) in [4.78, 5) is 10.9. The number of para-hydroxylation sites is 1. The molecule has 0 aliphatic carbocycles. The van der Waals surface area contributed by atoms with Crippen molar-refractivity contribution in [1.29, 1.82) is 0 Å². The number of benzene rings is 3. The lowest BCUT2D eigenvalue weighted by molar-refractivity contribution is -0.383. The molecular formula is C17H14N2O3. The molecule has 0 aliphatic heterocycles. The first kappa shape index (κ1) is 13.9. The Morgan fingerprint density at radius 1 is 1.00 bits per heavy atom. The topological polar surface area (TPSA) is 78.4 Å². The van der Waals surface area contributed by atoms with E-state index in [4.69, 9.17) is 10.5 Å². The molecule has 0 amide bonds. The first-order valence-electron chi connectivity index (χ1n) is 6.77. The van der Waals surface area contributed by atoms with Crippen LogP contribution in [0.4, 0.5) is 11.4 Å². The average molecular weight is 294 g/mol. The number of nitrogens with zero attached hydrogens (tertiary/aromatic N) is 1. The zero-order valence-corrected chi connectivity index (χ0v) is 11.9. The van der Waals surface area contributed by atoms with Crippen LogP contribution in [-0.4, -0.2) is 4.92 Å². The highest BCUT2D eigenvalue weighted by molar-refractivity contribution is 6.01. The summed E-state index contributed by atoms with van der Waals surface area (Å²) in [7, 11) is 0. The predicted octanol–water partition coefficient (Wildman–Crippen LogP) is 4.43. The van der Waals surface area contributed by atoms with E-state index in [-0.39, 0.29) is 5.69 Å². The molecule has 3 aromatic carbocycles. The number of nitrogens with two attached hydrogens (primary N) is 1. The van der Waals surface area contributed by atoms with Crippen LogP contribution in [0.15, 0.2) is 54.6 Å². The number of nitro groups is 1. The van der Waals surface area contributed by atoms with Gasteiger partial charge in [0, 0.05) is 5.39 Å². The Labute approximate surface area is 127 Å². The van der Waals surface area contributed by atoms with Gasteiger partial charge in [-0.05, 0) is 24.6 Å². The fourth-order valence-corrected chi connectivity index (χ4v) is 2.38. The molecule has 0 saturated carbocycles. The van der Waals surface area contributed by atoms with Crippen molar-refractivity contribution in [3.63, 3.8) is 0 Å². The Balaban J connectivity index is 2.20. The van der Waals surface area contributed by atoms with Crippen molar-refractivity contribution in [1.82, 2.24) is 0 Å². The molecule has 0 saturated heterocycles. The minimum atomic E-state index is -0.424. The van der Waals surface area contributed by atoms with Gasteiger partial charge >= 0.3 is 0 Å². The Morgan fingerprint density at radius 3 is 2.32 bits per heavy atom. The second-order valence-corrected chi connectivity index (χ2v) is 4.98. The van der Waals surface area contributed by atoms with Gasteiger partial charge in [0.1, 0.15) is 5.75 Å². The molecule has 5 nitrogen and oxygen atoms in total. The van der Waals surface area contributed by atoms with Crippen LogP contribution in [0, 0.1) is 17.0 Å². The van der Waals surface area contributed by atoms with Gasteiger partial charge in [-0.3, -0.25) is 10.1 Å². The van der Waals surface area contributed by atoms with E-state index in [9.17, 15) is 10.1 Å². The minimum absolute atomic E-state index is 0.0200. The average Bonchev–Trinajstić information content (AvgIpc) is 2.52. The molecule has 3 aromatic rings. The van der Waals surface area contributed by atoms with Crippen molar-refractivity contribution in [3.8, 4) is 11.5 Å². The maximum atomic E-state index is 11.3. The van der Waals surface area contributed by atoms with Crippen molar-refractivity contribution in [2.24, 2.45) is 0 Å². The predicted molar refractivity (Wildman–Crippen MR) is 86.3 cm³/mol. The van der Waals surface area contributed by atoms with E-state index in [2.05, 4.69) is 0 Å². The number of hydrogen-bond acceptors (Lipinski definition) is 4. The van der Waals surface area contributed by atoms with E-state index in [1.807, 2.05) is 25.1 Å². The smallest absolute Gasteiger partial charge is 0.281 e. The molecule has 0 unspecified atom stereocenters. The van der Waals surface area contributed by atoms with Gasteiger partial charge in [0.15, 0.2) is 5.75 Å². The SMILES string of the molecule is Cc1ccccc1Oc1cc([N+](=O)[O-])c2ccccc2c1N. The Morgan fingerprint density at radius 2 is 1.64 bits per heavy atom. The zero-order valence-electron chi connectivity index (χ0n) is 11.9. The van der Waals surface area contributed by atoms with Gasteiger partial charge in [0.25, 0.3) is 5.69 Å². The lowest BCUT2D eigenvalue weighted by Crippen LogP contribution is -1.98. The molecule has 110 valence electrons. The number of fused-ring (bicyclic) bond motifs is 1. The fraction of sp³-hybridized carbons (Fsp3) is 0.0588. The largest absolute Gasteiger partial charge is 0.455 e. The van der Waals surface area contributed by atoms with Crippen LogP contribution in [0.2, 0.25) is 0 Å². The molecule has 22 heavy (non-hydrogen) atoms. The fourth-order valence-electron chi connectivity index (χ4n) is 2.38. The van der Waals surface area contributed by atoms with E-state index >= 15 is 0 Å². The maximum absolute atomic E-state index is 11.3. The molecule has 0 radical (unpaired) electrons. The number of rotatable bonds is 3. The molecule has 0 heterocycles. The Hall–Kier alpha value is -3.08. The summed E-state index contributed by atoms with van der Waals surface area (Å²) in [5, 5.41) is 12.4. The normalized spacial score (nSPS) is 10.6. The third kappa shape index (κ3) is 2.33. The number of nitro benzene ring substituents is 1. The Bertz CT molecular complexity index is 875. The van der Waals surface area contributed by atoms with E-state index in [1.54, 1.807) is 30.3 Å². The molecule has 0 bridgehead atoms. The number of aryl methyl sites for hydroxylation is 1. The number of ether oxygens (including phenoxy) is 1. The van der Waals surface area contributed by atoms with Crippen LogP contribution in [0.25, 0.3) is 10.8 Å². The molecule has 0 aromatic heterocycles. The summed E-state index contributed by atoms with van der Waals surface area (Å²) in [5.74, 6) is 0.915. The molecule has 5 heteroatoms. The molecule has 3 rings (SSSR count). The monoisotopic (exact) mass is 294 g/mol. The van der Waals surface area contributed by atoms with Crippen LogP contribution in [0.5, 0.6) is 11.5 Å². The van der Waals surface area contributed by atoms with Crippen molar-refractivity contribution < 1.29 is 9.66 Å². The Kier molecular flexibility index (Phi) is 3.39. The van der Waals surface area contributed by atoms with E-state index < -0.39 is 4.92 Å². The van der Waals surface area contributed by atoms with Gasteiger partial charge in [-0.25, -0.2) is 0 Å². The third-order valence-electron chi connectivity index (χ3n) is 3.54. The number of nitrogen functional groups attached to an aromatic ring is 1. The highest BCUT2D eigenvalue weighted by Gasteiger charge is 2.18. The highest BCUT2D eigenvalue weighted by atomic mass is 16.6. The molecule has 0 aliphatic rings. The quantitative estimate of drug-likeness (QED) is 0.440. The summed E-state index contributed by atoms with van der Waals surface area (Å²) in [6, 6.07) is 15.8. The van der Waals surface area contributed by atoms with E-state index in [1.165, 1.54) is 6.07 Å². The van der Waals surface area contributed by atoms with Crippen LogP contribution in [-0.2, 0) is 0 Å². The summed E-state index contributed by atoms with van der Waals surface area (Å²) >= 11 is 0. The van der Waals surface area contributed by atoms with Gasteiger partial charge in [-0.15, -0.1) is 0 Å². The third-order valence-corrected chi connectivity index (χ3v) is 3.54. The summed E-state index contributed by atoms with van der Waals surface area (Å²) in [6.07, 6.45) is 0. The minimum Gasteiger partial charge on any atom is -0.455 e. The maximum Gasteiger partial charge on any atom is 0.281 e. The van der Waals surface area contributed by atoms with Crippen molar-refractivity contribution in [2.75, 3.05) is 5.73 Å². The van der Waals surface area contributed by atoms with Crippen molar-refractivity contribution in [2.45, 2.75) is 6.92 Å². The van der Waals surface area contributed by atoms with Gasteiger partial charge in [-0.2, -0.15) is 0 Å². The van der Waals surface area contributed by atoms with Crippen LogP contribution in [0.1, 0.15) is 5.56 Å². The van der Waals surface area contributed by atoms with Gasteiger partial charge in [0.05, 0.1) is 22.1 Å². The van der Waals surface area contributed by atoms with Gasteiger partial charge in [0.2, 0.25) is 0 Å². The van der Waals surface area contributed by atoms with E-state index in [0.29, 0.717) is 28.0 Å². The number of anilines is 1. The molecular weight excluding hydrogens is 280 g/mol. The number of hydrogen-bond donors (Lipinski definition) is 1. The second kappa shape index (κ2) is 5.37. The number of non-ortho nitro benzene ring substituents is 1. The van der Waals surface area contributed by atoms with Crippen LogP contribution < -0.4 is 10.5 Å². The lowest BCUT2D eigenvalue weighted by atomic mass is 10.1. The van der Waals surface area contributed by atoms with Crippen LogP contribution in [0.3, 0.4) is 0 Å². The lowest BCUT2D eigenvalue weighted by Gasteiger charge is -2.12.